The molecule has 0 saturated carbocycles. The van der Waals surface area contributed by atoms with Gasteiger partial charge < -0.3 is 27.5 Å². The Morgan fingerprint density at radius 1 is 0.671 bits per heavy atom. The first-order valence-electron chi connectivity index (χ1n) is 25.8. The standard InChI is InChI=1S/C52H66N8O10SSi2/c1-32(2)72(33(3)4)67-47(9)43(61)58-41-29-36-21-15-16-24-38(36)49(41,30-51(58,69-72)45(63)56(47)11)50-31-52-46(64)57(28-20-19-27-54-55-53)48(10,68-73(70-52,34(5)6)35(7)8)44(62)59(52)42(50)60(40-26-18-17-25-39(40)50)71(65,66)37-22-13-12-14-23-37/h12-18,21-26,32-35,41-42H,19-20,27-31H2,1-11H3/t41-,42-,47+,48+,49-,50-,51+,52+/m0/s1. The Hall–Kier alpha value is -5.13. The van der Waals surface area contributed by atoms with Crippen molar-refractivity contribution >= 4 is 56.5 Å². The van der Waals surface area contributed by atoms with Gasteiger partial charge in [-0.1, -0.05) is 121 Å². The first-order valence-corrected chi connectivity index (χ1v) is 31.2. The number of hydrogen-bond acceptors (Lipinski definition) is 11. The van der Waals surface area contributed by atoms with E-state index in [4.69, 9.17) is 23.2 Å². The van der Waals surface area contributed by atoms with Crippen LogP contribution in [0.5, 0.6) is 0 Å². The number of piperazine rings is 2. The third kappa shape index (κ3) is 5.77. The number of amides is 4. The second-order valence-corrected chi connectivity index (χ2v) is 33.2. The number of fused-ring (bicyclic) bond motifs is 13. The van der Waals surface area contributed by atoms with Gasteiger partial charge in [-0.2, -0.15) is 0 Å². The number of rotatable bonds is 12. The van der Waals surface area contributed by atoms with Crippen LogP contribution in [0.3, 0.4) is 0 Å². The molecule has 3 aromatic carbocycles. The number of nitrogens with zero attached hydrogens (tertiary/aromatic N) is 8. The van der Waals surface area contributed by atoms with E-state index >= 15 is 27.6 Å². The fourth-order valence-electron chi connectivity index (χ4n) is 15.2. The quantitative estimate of drug-likeness (QED) is 0.0570. The summed E-state index contributed by atoms with van der Waals surface area (Å²) in [7, 11) is -10.5. The minimum Gasteiger partial charge on any atom is -0.362 e. The van der Waals surface area contributed by atoms with Gasteiger partial charge in [-0.05, 0) is 95.7 Å². The van der Waals surface area contributed by atoms with Crippen LogP contribution in [0.2, 0.25) is 22.2 Å². The molecule has 3 aromatic rings. The minimum absolute atomic E-state index is 0.0360. The van der Waals surface area contributed by atoms with Crippen molar-refractivity contribution in [3.05, 3.63) is 106 Å². The molecule has 2 spiro atoms. The van der Waals surface area contributed by atoms with Crippen molar-refractivity contribution in [1.82, 2.24) is 19.6 Å². The molecule has 10 aliphatic rings. The van der Waals surface area contributed by atoms with E-state index in [-0.39, 0.29) is 59.4 Å². The summed E-state index contributed by atoms with van der Waals surface area (Å²) < 4.78 is 63.7. The Kier molecular flexibility index (Phi) is 10.9. The van der Waals surface area contributed by atoms with Gasteiger partial charge in [-0.15, -0.1) is 0 Å². The molecular weight excluding hydrogens is 985 g/mol. The van der Waals surface area contributed by atoms with E-state index in [1.807, 2.05) is 91.8 Å². The number of likely N-dealkylation sites (N-methyl/N-ethyl adjacent to an activating group) is 1. The van der Waals surface area contributed by atoms with Crippen LogP contribution in [0.4, 0.5) is 5.69 Å². The largest absolute Gasteiger partial charge is 0.362 e. The van der Waals surface area contributed by atoms with Crippen LogP contribution < -0.4 is 4.31 Å². The monoisotopic (exact) mass is 1050 g/mol. The Bertz CT molecular complexity index is 3040. The van der Waals surface area contributed by atoms with Gasteiger partial charge in [0.1, 0.15) is 6.17 Å². The average molecular weight is 1050 g/mol. The van der Waals surface area contributed by atoms with Crippen LogP contribution in [0.1, 0.15) is 112 Å². The lowest BCUT2D eigenvalue weighted by molar-refractivity contribution is -0.205. The first kappa shape index (κ1) is 50.1. The molecule has 0 N–H and O–H groups in total. The number of azide groups is 1. The molecule has 4 amide bonds. The normalized spacial score (nSPS) is 34.4. The molecule has 0 radical (unpaired) electrons. The first-order chi connectivity index (χ1) is 34.4. The SMILES string of the molecule is CC(C)[Si]1(C(C)C)O[C@]2(C)C(=O)N3[C@H]4Cc5ccccc5[C@@]4([C@]45C[C@]67O[Si](C(C)C)(C(C)C)O[C@](C)(C(=O)N6[C@H]4N(S(=O)(=O)c4ccccc4)c4ccccc45)N(CCCCN=[N+]=[N-])C7=O)C[C@@]3(O1)C(=O)N2C. The lowest BCUT2D eigenvalue weighted by Gasteiger charge is -2.52. The summed E-state index contributed by atoms with van der Waals surface area (Å²) in [5.41, 5.74) is -0.640. The molecule has 0 aromatic heterocycles. The van der Waals surface area contributed by atoms with E-state index in [1.54, 1.807) is 56.1 Å². The van der Waals surface area contributed by atoms with Crippen molar-refractivity contribution in [1.29, 1.82) is 0 Å². The maximum atomic E-state index is 16.8. The zero-order valence-electron chi connectivity index (χ0n) is 43.5. The number of hydrogen-bond donors (Lipinski definition) is 0. The van der Waals surface area contributed by atoms with Gasteiger partial charge in [0.25, 0.3) is 33.7 Å². The zero-order valence-corrected chi connectivity index (χ0v) is 46.3. The van der Waals surface area contributed by atoms with Gasteiger partial charge in [0.05, 0.1) is 22.0 Å². The van der Waals surface area contributed by atoms with E-state index in [0.717, 1.165) is 11.1 Å². The molecule has 8 atom stereocenters. The molecule has 388 valence electrons. The lowest BCUT2D eigenvalue weighted by atomic mass is 9.53. The summed E-state index contributed by atoms with van der Waals surface area (Å²) in [6, 6.07) is 22.3. The van der Waals surface area contributed by atoms with Crippen molar-refractivity contribution in [3.63, 3.8) is 0 Å². The van der Waals surface area contributed by atoms with Gasteiger partial charge in [0.2, 0.25) is 22.9 Å². The highest BCUT2D eigenvalue weighted by atomic mass is 32.2. The van der Waals surface area contributed by atoms with Gasteiger partial charge in [0.15, 0.2) is 0 Å². The van der Waals surface area contributed by atoms with Crippen LogP contribution in [-0.2, 0) is 64.2 Å². The Morgan fingerprint density at radius 3 is 1.82 bits per heavy atom. The molecule has 8 fully saturated rings. The molecule has 1 aliphatic carbocycles. The number of carbonyl (C=O) groups excluding carboxylic acids is 4. The molecule has 4 bridgehead atoms. The summed E-state index contributed by atoms with van der Waals surface area (Å²) in [4.78, 5) is 74.4. The predicted molar refractivity (Wildman–Crippen MR) is 273 cm³/mol. The molecule has 21 heteroatoms. The van der Waals surface area contributed by atoms with Crippen LogP contribution in [0.25, 0.3) is 10.4 Å². The van der Waals surface area contributed by atoms with Gasteiger partial charge in [0, 0.05) is 43.3 Å². The highest BCUT2D eigenvalue weighted by molar-refractivity contribution is 7.93. The van der Waals surface area contributed by atoms with Crippen molar-refractivity contribution in [2.75, 3.05) is 24.4 Å². The van der Waals surface area contributed by atoms with E-state index < -0.39 is 96.7 Å². The molecule has 18 nitrogen and oxygen atoms in total. The predicted octanol–water partition coefficient (Wildman–Crippen LogP) is 7.63. The minimum atomic E-state index is -4.66. The van der Waals surface area contributed by atoms with Gasteiger partial charge >= 0.3 is 17.1 Å². The molecule has 0 unspecified atom stereocenters. The highest BCUT2D eigenvalue weighted by Gasteiger charge is 2.90. The summed E-state index contributed by atoms with van der Waals surface area (Å²) in [5, 5.41) is 3.73. The van der Waals surface area contributed by atoms with Crippen LogP contribution in [0, 0.1) is 0 Å². The number of sulfonamides is 1. The van der Waals surface area contributed by atoms with Gasteiger partial charge in [-0.3, -0.25) is 29.0 Å². The van der Waals surface area contributed by atoms with E-state index in [1.165, 1.54) is 31.1 Å². The fourth-order valence-corrected chi connectivity index (χ4v) is 24.7. The number of para-hydroxylation sites is 1. The lowest BCUT2D eigenvalue weighted by Crippen LogP contribution is -2.76. The molecule has 9 heterocycles. The topological polar surface area (TPSA) is 204 Å². The van der Waals surface area contributed by atoms with Crippen molar-refractivity contribution in [2.45, 2.75) is 174 Å². The van der Waals surface area contributed by atoms with Crippen molar-refractivity contribution in [2.24, 2.45) is 5.11 Å². The van der Waals surface area contributed by atoms with Crippen LogP contribution >= 0.6 is 0 Å². The molecule has 8 saturated heterocycles. The molecule has 9 aliphatic heterocycles. The Labute approximate surface area is 429 Å². The molecule has 73 heavy (non-hydrogen) atoms. The third-order valence-electron chi connectivity index (χ3n) is 18.4. The second-order valence-electron chi connectivity index (χ2n) is 23.0. The van der Waals surface area contributed by atoms with Crippen LogP contribution in [-0.4, -0.2) is 124 Å². The maximum Gasteiger partial charge on any atom is 0.347 e. The van der Waals surface area contributed by atoms with Gasteiger partial charge in [-0.25, -0.2) is 12.7 Å². The van der Waals surface area contributed by atoms with E-state index in [9.17, 15) is 0 Å². The Balaban J connectivity index is 1.28. The van der Waals surface area contributed by atoms with Crippen LogP contribution in [0.15, 0.2) is 88.9 Å². The summed E-state index contributed by atoms with van der Waals surface area (Å²) >= 11 is 0. The van der Waals surface area contributed by atoms with E-state index in [0.29, 0.717) is 24.1 Å². The highest BCUT2D eigenvalue weighted by Crippen LogP contribution is 2.76. The van der Waals surface area contributed by atoms with E-state index in [2.05, 4.69) is 10.0 Å². The third-order valence-corrected chi connectivity index (χ3v) is 29.3. The van der Waals surface area contributed by atoms with Crippen molar-refractivity contribution in [3.8, 4) is 0 Å². The summed E-state index contributed by atoms with van der Waals surface area (Å²) in [5.74, 6) is -2.12. The molecule has 13 rings (SSSR count). The fraction of sp³-hybridized carbons (Fsp3) is 0.577. The number of anilines is 1. The second kappa shape index (κ2) is 16.0. The summed E-state index contributed by atoms with van der Waals surface area (Å²) in [6.45, 7) is 19.4. The smallest absolute Gasteiger partial charge is 0.347 e. The Morgan fingerprint density at radius 2 is 1.21 bits per heavy atom. The number of unbranched alkanes of at least 4 members (excludes halogenated alkanes) is 1. The molecular formula is C52H66N8O10SSi2. The summed E-state index contributed by atoms with van der Waals surface area (Å²) in [6.07, 6.45) is -0.969. The average Bonchev–Trinajstić information content (AvgIpc) is 3.96. The number of carbonyl (C=O) groups is 4. The zero-order chi connectivity index (χ0) is 52.4. The number of benzene rings is 3. The maximum absolute atomic E-state index is 16.8. The van der Waals surface area contributed by atoms with Crippen molar-refractivity contribution < 1.29 is 45.3 Å².